The largest absolute Gasteiger partial charge is 0.389 e. The third kappa shape index (κ3) is 5.21. The summed E-state index contributed by atoms with van der Waals surface area (Å²) in [6.07, 6.45) is 1.83. The van der Waals surface area contributed by atoms with Crippen LogP contribution in [-0.2, 0) is 4.79 Å². The molecule has 7 heteroatoms. The fourth-order valence-corrected chi connectivity index (χ4v) is 3.14. The molecule has 2 heterocycles. The second-order valence-electron chi connectivity index (χ2n) is 5.44. The maximum atomic E-state index is 12.3. The van der Waals surface area contributed by atoms with Crippen LogP contribution in [0.15, 0.2) is 24.4 Å². The Morgan fingerprint density at radius 2 is 2.30 bits per heavy atom. The van der Waals surface area contributed by atoms with Crippen molar-refractivity contribution >= 4 is 23.6 Å². The first-order valence-corrected chi connectivity index (χ1v) is 9.02. The van der Waals surface area contributed by atoms with E-state index in [1.807, 2.05) is 0 Å². The molecule has 1 saturated heterocycles. The van der Waals surface area contributed by atoms with Crippen molar-refractivity contribution in [3.05, 3.63) is 30.1 Å². The van der Waals surface area contributed by atoms with Crippen LogP contribution in [0.5, 0.6) is 0 Å². The summed E-state index contributed by atoms with van der Waals surface area (Å²) >= 11 is 1.72. The molecule has 0 radical (unpaired) electrons. The maximum Gasteiger partial charge on any atom is 0.272 e. The van der Waals surface area contributed by atoms with Gasteiger partial charge in [0.2, 0.25) is 5.91 Å². The van der Waals surface area contributed by atoms with Gasteiger partial charge in [0.1, 0.15) is 5.69 Å². The van der Waals surface area contributed by atoms with E-state index in [-0.39, 0.29) is 24.4 Å². The molecule has 0 saturated carbocycles. The molecule has 0 spiro atoms. The van der Waals surface area contributed by atoms with Crippen LogP contribution in [-0.4, -0.2) is 63.5 Å². The minimum atomic E-state index is -0.751. The van der Waals surface area contributed by atoms with Gasteiger partial charge in [0, 0.05) is 31.5 Å². The summed E-state index contributed by atoms with van der Waals surface area (Å²) in [5, 5.41) is 13.1. The number of thioether (sulfide) groups is 1. The zero-order valence-corrected chi connectivity index (χ0v) is 14.1. The topological polar surface area (TPSA) is 82.5 Å². The van der Waals surface area contributed by atoms with Gasteiger partial charge in [-0.1, -0.05) is 13.0 Å². The maximum absolute atomic E-state index is 12.3. The summed E-state index contributed by atoms with van der Waals surface area (Å²) in [6.45, 7) is 2.77. The van der Waals surface area contributed by atoms with Gasteiger partial charge in [0.05, 0.1) is 12.1 Å². The third-order valence-corrected chi connectivity index (χ3v) is 4.68. The molecular weight excluding hydrogens is 314 g/mol. The number of hydrogen-bond acceptors (Lipinski definition) is 5. The summed E-state index contributed by atoms with van der Waals surface area (Å²) in [6, 6.07) is 4.89. The smallest absolute Gasteiger partial charge is 0.272 e. The molecule has 23 heavy (non-hydrogen) atoms. The molecule has 0 aliphatic carbocycles. The molecule has 2 amide bonds. The molecule has 1 aromatic heterocycles. The summed E-state index contributed by atoms with van der Waals surface area (Å²) in [5.74, 6) is 1.55. The predicted molar refractivity (Wildman–Crippen MR) is 90.3 cm³/mol. The van der Waals surface area contributed by atoms with Crippen molar-refractivity contribution in [3.8, 4) is 0 Å². The van der Waals surface area contributed by atoms with E-state index in [4.69, 9.17) is 0 Å². The highest BCUT2D eigenvalue weighted by Crippen LogP contribution is 2.14. The normalized spacial score (nSPS) is 21.0. The SMILES string of the molecule is CCSCCC(=O)N[C@@H]1CCN(C(=O)c2ccccn2)C[C@H]1O. The van der Waals surface area contributed by atoms with Gasteiger partial charge in [-0.05, 0) is 24.3 Å². The van der Waals surface area contributed by atoms with E-state index in [1.165, 1.54) is 0 Å². The average molecular weight is 337 g/mol. The number of carbonyl (C=O) groups is 2. The standard InChI is InChI=1S/C16H23N3O3S/c1-2-23-10-7-15(21)18-12-6-9-19(11-14(12)20)16(22)13-5-3-4-8-17-13/h3-5,8,12,14,20H,2,6-7,9-11H2,1H3,(H,18,21)/t12-,14-/m1/s1. The van der Waals surface area contributed by atoms with Crippen molar-refractivity contribution in [3.63, 3.8) is 0 Å². The zero-order chi connectivity index (χ0) is 16.7. The fraction of sp³-hybridized carbons (Fsp3) is 0.562. The molecule has 1 aromatic rings. The van der Waals surface area contributed by atoms with E-state index in [2.05, 4.69) is 17.2 Å². The number of nitrogens with one attached hydrogen (secondary N) is 1. The average Bonchev–Trinajstić information content (AvgIpc) is 2.57. The number of rotatable bonds is 6. The quantitative estimate of drug-likeness (QED) is 0.754. The van der Waals surface area contributed by atoms with E-state index in [0.717, 1.165) is 11.5 Å². The summed E-state index contributed by atoms with van der Waals surface area (Å²) in [4.78, 5) is 29.8. The minimum absolute atomic E-state index is 0.0421. The van der Waals surface area contributed by atoms with Gasteiger partial charge in [-0.15, -0.1) is 0 Å². The fourth-order valence-electron chi connectivity index (χ4n) is 2.52. The molecule has 0 bridgehead atoms. The number of pyridine rings is 1. The number of β-amino-alcohol motifs (C(OH)–C–C–N with tert-alkyl or cyclic N) is 1. The molecule has 0 aromatic carbocycles. The highest BCUT2D eigenvalue weighted by atomic mass is 32.2. The van der Waals surface area contributed by atoms with Crippen LogP contribution in [0.25, 0.3) is 0 Å². The lowest BCUT2D eigenvalue weighted by Crippen LogP contribution is -2.55. The highest BCUT2D eigenvalue weighted by Gasteiger charge is 2.31. The Hall–Kier alpha value is -1.60. The Kier molecular flexibility index (Phi) is 6.85. The number of carbonyl (C=O) groups excluding carboxylic acids is 2. The number of amides is 2. The molecule has 1 fully saturated rings. The Bertz CT molecular complexity index is 527. The molecule has 1 aliphatic heterocycles. The highest BCUT2D eigenvalue weighted by molar-refractivity contribution is 7.99. The third-order valence-electron chi connectivity index (χ3n) is 3.78. The van der Waals surface area contributed by atoms with Crippen molar-refractivity contribution in [2.24, 2.45) is 0 Å². The number of aliphatic hydroxyl groups excluding tert-OH is 1. The summed E-state index contributed by atoms with van der Waals surface area (Å²) < 4.78 is 0. The predicted octanol–water partition coefficient (Wildman–Crippen LogP) is 0.916. The summed E-state index contributed by atoms with van der Waals surface area (Å²) in [7, 11) is 0. The van der Waals surface area contributed by atoms with Crippen molar-refractivity contribution in [1.82, 2.24) is 15.2 Å². The first kappa shape index (κ1) is 17.7. The van der Waals surface area contributed by atoms with Crippen molar-refractivity contribution in [2.75, 3.05) is 24.6 Å². The lowest BCUT2D eigenvalue weighted by atomic mass is 10.0. The van der Waals surface area contributed by atoms with E-state index < -0.39 is 6.10 Å². The molecule has 6 nitrogen and oxygen atoms in total. The van der Waals surface area contributed by atoms with Gasteiger partial charge >= 0.3 is 0 Å². The van der Waals surface area contributed by atoms with Crippen LogP contribution in [0, 0.1) is 0 Å². The monoisotopic (exact) mass is 337 g/mol. The van der Waals surface area contributed by atoms with E-state index >= 15 is 0 Å². The second-order valence-corrected chi connectivity index (χ2v) is 6.84. The van der Waals surface area contributed by atoms with E-state index in [1.54, 1.807) is 41.1 Å². The zero-order valence-electron chi connectivity index (χ0n) is 13.3. The number of piperidine rings is 1. The van der Waals surface area contributed by atoms with Gasteiger partial charge < -0.3 is 15.3 Å². The molecule has 2 rings (SSSR count). The number of nitrogens with zero attached hydrogens (tertiary/aromatic N) is 2. The number of aliphatic hydroxyl groups is 1. The minimum Gasteiger partial charge on any atom is -0.389 e. The van der Waals surface area contributed by atoms with Crippen LogP contribution in [0.1, 0.15) is 30.3 Å². The van der Waals surface area contributed by atoms with Gasteiger partial charge in [0.15, 0.2) is 0 Å². The Balaban J connectivity index is 1.83. The van der Waals surface area contributed by atoms with Crippen LogP contribution in [0.4, 0.5) is 0 Å². The molecule has 2 N–H and O–H groups in total. The Labute approximate surface area is 140 Å². The second kappa shape index (κ2) is 8.88. The lowest BCUT2D eigenvalue weighted by molar-refractivity contribution is -0.122. The summed E-state index contributed by atoms with van der Waals surface area (Å²) in [5.41, 5.74) is 0.374. The van der Waals surface area contributed by atoms with Gasteiger partial charge in [-0.25, -0.2) is 0 Å². The number of hydrogen-bond donors (Lipinski definition) is 2. The van der Waals surface area contributed by atoms with Crippen molar-refractivity contribution in [1.29, 1.82) is 0 Å². The van der Waals surface area contributed by atoms with E-state index in [0.29, 0.717) is 25.1 Å². The van der Waals surface area contributed by atoms with Gasteiger partial charge in [0.25, 0.3) is 5.91 Å². The molecule has 1 aliphatic rings. The van der Waals surface area contributed by atoms with Gasteiger partial charge in [-0.2, -0.15) is 11.8 Å². The molecule has 0 unspecified atom stereocenters. The van der Waals surface area contributed by atoms with Crippen LogP contribution >= 0.6 is 11.8 Å². The first-order chi connectivity index (χ1) is 11.1. The van der Waals surface area contributed by atoms with Crippen LogP contribution in [0.3, 0.4) is 0 Å². The molecular formula is C16H23N3O3S. The Morgan fingerprint density at radius 1 is 1.48 bits per heavy atom. The number of aromatic nitrogens is 1. The van der Waals surface area contributed by atoms with Crippen LogP contribution < -0.4 is 5.32 Å². The lowest BCUT2D eigenvalue weighted by Gasteiger charge is -2.36. The number of likely N-dealkylation sites (tertiary alicyclic amines) is 1. The van der Waals surface area contributed by atoms with Crippen LogP contribution in [0.2, 0.25) is 0 Å². The van der Waals surface area contributed by atoms with Gasteiger partial charge in [-0.3, -0.25) is 14.6 Å². The molecule has 2 atom stereocenters. The van der Waals surface area contributed by atoms with E-state index in [9.17, 15) is 14.7 Å². The van der Waals surface area contributed by atoms with Crippen molar-refractivity contribution in [2.45, 2.75) is 31.9 Å². The van der Waals surface area contributed by atoms with Crippen molar-refractivity contribution < 1.29 is 14.7 Å². The molecule has 126 valence electrons. The first-order valence-electron chi connectivity index (χ1n) is 7.87. The Morgan fingerprint density at radius 3 is 2.96 bits per heavy atom.